The highest BCUT2D eigenvalue weighted by Gasteiger charge is 2.43. The molecule has 53 heavy (non-hydrogen) atoms. The van der Waals surface area contributed by atoms with Crippen LogP contribution in [0.2, 0.25) is 0 Å². The Balaban J connectivity index is 1.66. The summed E-state index contributed by atoms with van der Waals surface area (Å²) in [4.78, 5) is 101. The first kappa shape index (κ1) is 43.2. The Bertz CT molecular complexity index is 1440. The molecule has 1 aromatic rings. The summed E-state index contributed by atoms with van der Waals surface area (Å²) in [5, 5.41) is 30.7. The molecule has 0 bridgehead atoms. The van der Waals surface area contributed by atoms with Crippen LogP contribution in [0.25, 0.3) is 0 Å². The molecule has 9 N–H and O–H groups in total. The molecule has 0 aromatic carbocycles. The van der Waals surface area contributed by atoms with Crippen LogP contribution < -0.4 is 27.0 Å². The summed E-state index contributed by atoms with van der Waals surface area (Å²) in [6.07, 6.45) is 5.54. The van der Waals surface area contributed by atoms with Gasteiger partial charge in [0.05, 0.1) is 18.5 Å². The monoisotopic (exact) mass is 765 g/mol. The third-order valence-electron chi connectivity index (χ3n) is 9.35. The number of H-pyrrole nitrogens is 1. The Hall–Kier alpha value is -4.23. The van der Waals surface area contributed by atoms with E-state index in [9.17, 15) is 43.8 Å². The number of nitrogens with two attached hydrogens (primary N) is 1. The van der Waals surface area contributed by atoms with Crippen molar-refractivity contribution in [2.24, 2.45) is 11.7 Å². The van der Waals surface area contributed by atoms with Crippen molar-refractivity contribution >= 4 is 53.2 Å². The molecule has 296 valence electrons. The van der Waals surface area contributed by atoms with Crippen molar-refractivity contribution in [2.45, 2.75) is 121 Å². The highest BCUT2D eigenvalue weighted by Crippen LogP contribution is 2.22. The summed E-state index contributed by atoms with van der Waals surface area (Å²) < 4.78 is 0. The molecular weight excluding hydrogens is 710 g/mol. The number of hydrogen-bond donors (Lipinski definition) is 8. The molecule has 2 aliphatic rings. The summed E-state index contributed by atoms with van der Waals surface area (Å²) in [6.45, 7) is 6.87. The second kappa shape index (κ2) is 20.3. The molecule has 0 unspecified atom stereocenters. The van der Waals surface area contributed by atoms with Gasteiger partial charge in [0.15, 0.2) is 0 Å². The zero-order valence-corrected chi connectivity index (χ0v) is 31.8. The number of aromatic nitrogens is 2. The standard InChI is InChI=1S/C34H55N9O9S/c1-18(2)14-24(34(51)52)40-29(46)23(10-13-53-5)39-30(47)25-8-7-12-43(25)33(50)27(20(4)44)41-31(48)26-9-6-11-42(26)32(49)19(3)38-28(45)22(35)15-21-16-36-17-37-21/h16-20,22-27,44H,6-15,35H2,1-5H3,(H,36,37)(H,38,45)(H,39,47)(H,40,46)(H,41,48)(H,51,52)/t19-,20+,22-,23-,24-,25-,26-,27-/m0/s1. The number of hydrogen-bond acceptors (Lipinski definition) is 11. The molecule has 1 aromatic heterocycles. The zero-order chi connectivity index (χ0) is 39.4. The molecule has 8 atom stereocenters. The van der Waals surface area contributed by atoms with E-state index in [2.05, 4.69) is 31.2 Å². The van der Waals surface area contributed by atoms with Crippen LogP contribution in [0.3, 0.4) is 0 Å². The topological polar surface area (TPSA) is 269 Å². The number of likely N-dealkylation sites (tertiary alicyclic amines) is 2. The van der Waals surface area contributed by atoms with Crippen LogP contribution in [0.15, 0.2) is 12.5 Å². The van der Waals surface area contributed by atoms with Gasteiger partial charge in [-0.15, -0.1) is 0 Å². The van der Waals surface area contributed by atoms with Crippen molar-refractivity contribution in [1.29, 1.82) is 0 Å². The van der Waals surface area contributed by atoms with Crippen molar-refractivity contribution in [2.75, 3.05) is 25.1 Å². The predicted octanol–water partition coefficient (Wildman–Crippen LogP) is -1.51. The molecule has 3 heterocycles. The van der Waals surface area contributed by atoms with Crippen molar-refractivity contribution in [3.05, 3.63) is 18.2 Å². The van der Waals surface area contributed by atoms with Gasteiger partial charge in [0, 0.05) is 31.4 Å². The van der Waals surface area contributed by atoms with Gasteiger partial charge in [-0.2, -0.15) is 11.8 Å². The van der Waals surface area contributed by atoms with Crippen molar-refractivity contribution in [3.8, 4) is 0 Å². The number of amides is 6. The van der Waals surface area contributed by atoms with E-state index in [1.165, 1.54) is 47.9 Å². The maximum Gasteiger partial charge on any atom is 0.326 e. The largest absolute Gasteiger partial charge is 0.480 e. The van der Waals surface area contributed by atoms with Crippen molar-refractivity contribution in [1.82, 2.24) is 41.0 Å². The molecule has 0 spiro atoms. The number of carbonyl (C=O) groups is 7. The second-order valence-corrected chi connectivity index (χ2v) is 15.1. The molecule has 0 saturated carbocycles. The minimum atomic E-state index is -1.45. The molecule has 2 aliphatic heterocycles. The van der Waals surface area contributed by atoms with Gasteiger partial charge >= 0.3 is 5.97 Å². The third-order valence-corrected chi connectivity index (χ3v) is 9.99. The normalized spacial score (nSPS) is 20.5. The smallest absolute Gasteiger partial charge is 0.326 e. The average molecular weight is 766 g/mol. The number of aliphatic hydroxyl groups excluding tert-OH is 1. The van der Waals surface area contributed by atoms with Gasteiger partial charge in [0.1, 0.15) is 36.3 Å². The number of imidazole rings is 1. The lowest BCUT2D eigenvalue weighted by atomic mass is 10.0. The Labute approximate surface area is 313 Å². The molecule has 2 fully saturated rings. The van der Waals surface area contributed by atoms with E-state index in [1.54, 1.807) is 0 Å². The Morgan fingerprint density at radius 3 is 2.04 bits per heavy atom. The molecule has 2 saturated heterocycles. The lowest BCUT2D eigenvalue weighted by Crippen LogP contribution is -2.61. The minimum Gasteiger partial charge on any atom is -0.480 e. The number of carbonyl (C=O) groups excluding carboxylic acids is 6. The summed E-state index contributed by atoms with van der Waals surface area (Å²) in [5.74, 6) is -4.41. The van der Waals surface area contributed by atoms with Crippen molar-refractivity contribution in [3.63, 3.8) is 0 Å². The number of thioether (sulfide) groups is 1. The summed E-state index contributed by atoms with van der Waals surface area (Å²) in [6, 6.07) is -7.59. The minimum absolute atomic E-state index is 0.00672. The van der Waals surface area contributed by atoms with E-state index >= 15 is 0 Å². The number of aromatic amines is 1. The molecule has 0 radical (unpaired) electrons. The first-order chi connectivity index (χ1) is 25.0. The van der Waals surface area contributed by atoms with Gasteiger partial charge in [-0.3, -0.25) is 28.8 Å². The number of aliphatic hydroxyl groups is 1. The fourth-order valence-electron chi connectivity index (χ4n) is 6.52. The third kappa shape index (κ3) is 12.1. The lowest BCUT2D eigenvalue weighted by Gasteiger charge is -2.33. The highest BCUT2D eigenvalue weighted by atomic mass is 32.2. The Morgan fingerprint density at radius 2 is 1.51 bits per heavy atom. The SMILES string of the molecule is CSCC[C@H](NC(=O)[C@@H]1CCCN1C(=O)[C@@H](NC(=O)[C@@H]1CCCN1C(=O)[C@H](C)NC(=O)[C@@H](N)Cc1cnc[nH]1)[C@@H](C)O)C(=O)N[C@@H](CC(C)C)C(=O)O. The molecule has 3 rings (SSSR count). The van der Waals surface area contributed by atoms with Gasteiger partial charge in [-0.25, -0.2) is 9.78 Å². The Kier molecular flexibility index (Phi) is 16.5. The number of nitrogens with zero attached hydrogens (tertiary/aromatic N) is 3. The van der Waals surface area contributed by atoms with E-state index in [0.29, 0.717) is 24.3 Å². The van der Waals surface area contributed by atoms with E-state index in [0.717, 1.165) is 0 Å². The molecule has 19 heteroatoms. The lowest BCUT2D eigenvalue weighted by molar-refractivity contribution is -0.146. The predicted molar refractivity (Wildman–Crippen MR) is 195 cm³/mol. The van der Waals surface area contributed by atoms with Gasteiger partial charge in [-0.1, -0.05) is 13.8 Å². The summed E-state index contributed by atoms with van der Waals surface area (Å²) in [7, 11) is 0. The quantitative estimate of drug-likeness (QED) is 0.0799. The van der Waals surface area contributed by atoms with Crippen LogP contribution in [-0.2, 0) is 40.0 Å². The van der Waals surface area contributed by atoms with Crippen LogP contribution in [0.1, 0.15) is 71.9 Å². The van der Waals surface area contributed by atoms with E-state index in [4.69, 9.17) is 5.73 Å². The van der Waals surface area contributed by atoms with Crippen LogP contribution >= 0.6 is 11.8 Å². The van der Waals surface area contributed by atoms with Gasteiger partial charge in [0.2, 0.25) is 35.4 Å². The fraction of sp³-hybridized carbons (Fsp3) is 0.706. The molecule has 6 amide bonds. The summed E-state index contributed by atoms with van der Waals surface area (Å²) in [5.41, 5.74) is 6.65. The fourth-order valence-corrected chi connectivity index (χ4v) is 6.99. The van der Waals surface area contributed by atoms with E-state index in [-0.39, 0.29) is 51.1 Å². The number of carboxylic acid groups (broad SMARTS) is 1. The molecule has 0 aliphatic carbocycles. The van der Waals surface area contributed by atoms with Gasteiger partial charge < -0.3 is 52.0 Å². The summed E-state index contributed by atoms with van der Waals surface area (Å²) >= 11 is 1.45. The van der Waals surface area contributed by atoms with Crippen LogP contribution in [0.5, 0.6) is 0 Å². The molecular formula is C34H55N9O9S. The van der Waals surface area contributed by atoms with Gasteiger partial charge in [0.25, 0.3) is 0 Å². The van der Waals surface area contributed by atoms with Crippen LogP contribution in [0, 0.1) is 5.92 Å². The zero-order valence-electron chi connectivity index (χ0n) is 31.0. The van der Waals surface area contributed by atoms with Gasteiger partial charge in [-0.05, 0) is 70.3 Å². The van der Waals surface area contributed by atoms with Crippen LogP contribution in [-0.4, -0.2) is 145 Å². The van der Waals surface area contributed by atoms with Crippen molar-refractivity contribution < 1.29 is 43.8 Å². The number of rotatable bonds is 19. The number of nitrogens with one attached hydrogen (secondary N) is 5. The first-order valence-corrected chi connectivity index (χ1v) is 19.4. The maximum absolute atomic E-state index is 13.9. The van der Waals surface area contributed by atoms with E-state index in [1.807, 2.05) is 20.1 Å². The van der Waals surface area contributed by atoms with E-state index < -0.39 is 89.8 Å². The highest BCUT2D eigenvalue weighted by molar-refractivity contribution is 7.98. The molecule has 18 nitrogen and oxygen atoms in total. The number of aliphatic carboxylic acids is 1. The Morgan fingerprint density at radius 1 is 0.906 bits per heavy atom. The van der Waals surface area contributed by atoms with Crippen LogP contribution in [0.4, 0.5) is 0 Å². The number of carboxylic acids is 1. The average Bonchev–Trinajstić information content (AvgIpc) is 3.90. The first-order valence-electron chi connectivity index (χ1n) is 18.0. The maximum atomic E-state index is 13.9. The second-order valence-electron chi connectivity index (χ2n) is 14.1.